The SMILES string of the molecule is Cc1cccc(C(=O)Cc2cccc(Cl)c2)c1C. The zero-order chi connectivity index (χ0) is 13.1. The molecule has 0 amide bonds. The third-order valence-electron chi connectivity index (χ3n) is 3.16. The van der Waals surface area contributed by atoms with E-state index in [1.54, 1.807) is 0 Å². The Labute approximate surface area is 112 Å². The molecule has 0 unspecified atom stereocenters. The molecule has 0 fully saturated rings. The van der Waals surface area contributed by atoms with Crippen molar-refractivity contribution in [2.45, 2.75) is 20.3 Å². The first-order chi connectivity index (χ1) is 8.58. The summed E-state index contributed by atoms with van der Waals surface area (Å²) in [6.07, 6.45) is 0.394. The number of carbonyl (C=O) groups is 1. The van der Waals surface area contributed by atoms with Gasteiger partial charge in [-0.25, -0.2) is 0 Å². The number of rotatable bonds is 3. The molecule has 1 nitrogen and oxygen atoms in total. The van der Waals surface area contributed by atoms with Crippen LogP contribution in [0, 0.1) is 13.8 Å². The van der Waals surface area contributed by atoms with E-state index in [0.717, 1.165) is 22.3 Å². The molecule has 0 radical (unpaired) electrons. The first-order valence-corrected chi connectivity index (χ1v) is 6.29. The quantitative estimate of drug-likeness (QED) is 0.747. The molecule has 2 rings (SSSR count). The second-order valence-corrected chi connectivity index (χ2v) is 4.91. The molecule has 2 aromatic rings. The standard InChI is InChI=1S/C16H15ClO/c1-11-5-3-8-15(12(11)2)16(18)10-13-6-4-7-14(17)9-13/h3-9H,10H2,1-2H3. The molecule has 0 atom stereocenters. The first kappa shape index (κ1) is 12.8. The van der Waals surface area contributed by atoms with Crippen LogP contribution in [0.5, 0.6) is 0 Å². The summed E-state index contributed by atoms with van der Waals surface area (Å²) in [5, 5.41) is 0.668. The van der Waals surface area contributed by atoms with E-state index in [4.69, 9.17) is 11.6 Å². The molecule has 0 aromatic heterocycles. The van der Waals surface area contributed by atoms with E-state index in [-0.39, 0.29) is 5.78 Å². The Morgan fingerprint density at radius 2 is 1.83 bits per heavy atom. The third-order valence-corrected chi connectivity index (χ3v) is 3.39. The monoisotopic (exact) mass is 258 g/mol. The number of halogens is 1. The Balaban J connectivity index is 2.25. The van der Waals surface area contributed by atoms with Crippen LogP contribution in [0.15, 0.2) is 42.5 Å². The minimum Gasteiger partial charge on any atom is -0.294 e. The Kier molecular flexibility index (Phi) is 3.83. The lowest BCUT2D eigenvalue weighted by Crippen LogP contribution is -2.06. The number of hydrogen-bond acceptors (Lipinski definition) is 1. The summed E-state index contributed by atoms with van der Waals surface area (Å²) >= 11 is 5.92. The average Bonchev–Trinajstić information content (AvgIpc) is 2.32. The minimum absolute atomic E-state index is 0.137. The van der Waals surface area contributed by atoms with Crippen molar-refractivity contribution in [3.8, 4) is 0 Å². The van der Waals surface area contributed by atoms with E-state index >= 15 is 0 Å². The van der Waals surface area contributed by atoms with Crippen molar-refractivity contribution in [3.63, 3.8) is 0 Å². The molecule has 0 bridgehead atoms. The highest BCUT2D eigenvalue weighted by Gasteiger charge is 2.11. The Bertz CT molecular complexity index is 587. The van der Waals surface area contributed by atoms with E-state index in [1.807, 2.05) is 56.3 Å². The maximum Gasteiger partial charge on any atom is 0.167 e. The highest BCUT2D eigenvalue weighted by atomic mass is 35.5. The predicted octanol–water partition coefficient (Wildman–Crippen LogP) is 4.38. The summed E-state index contributed by atoms with van der Waals surface area (Å²) in [6, 6.07) is 13.3. The predicted molar refractivity (Wildman–Crippen MR) is 75.4 cm³/mol. The molecular formula is C16H15ClO. The molecule has 0 spiro atoms. The largest absolute Gasteiger partial charge is 0.294 e. The van der Waals surface area contributed by atoms with E-state index < -0.39 is 0 Å². The number of ketones is 1. The maximum atomic E-state index is 12.3. The smallest absolute Gasteiger partial charge is 0.167 e. The number of hydrogen-bond donors (Lipinski definition) is 0. The zero-order valence-corrected chi connectivity index (χ0v) is 11.3. The molecular weight excluding hydrogens is 244 g/mol. The van der Waals surface area contributed by atoms with Crippen LogP contribution in [0.25, 0.3) is 0 Å². The summed E-state index contributed by atoms with van der Waals surface area (Å²) in [6.45, 7) is 4.01. The van der Waals surface area contributed by atoms with Gasteiger partial charge in [0.15, 0.2) is 5.78 Å². The van der Waals surface area contributed by atoms with Crippen molar-refractivity contribution < 1.29 is 4.79 Å². The summed E-state index contributed by atoms with van der Waals surface area (Å²) < 4.78 is 0. The molecule has 0 heterocycles. The highest BCUT2D eigenvalue weighted by molar-refractivity contribution is 6.30. The fourth-order valence-electron chi connectivity index (χ4n) is 1.98. The van der Waals surface area contributed by atoms with Crippen molar-refractivity contribution >= 4 is 17.4 Å². The molecule has 0 aliphatic rings. The fraction of sp³-hybridized carbons (Fsp3) is 0.188. The van der Waals surface area contributed by atoms with Crippen LogP contribution in [0.1, 0.15) is 27.0 Å². The molecule has 92 valence electrons. The fourth-order valence-corrected chi connectivity index (χ4v) is 2.19. The van der Waals surface area contributed by atoms with Gasteiger partial charge in [-0.2, -0.15) is 0 Å². The van der Waals surface area contributed by atoms with Crippen LogP contribution in [0.4, 0.5) is 0 Å². The Morgan fingerprint density at radius 3 is 2.56 bits per heavy atom. The molecule has 18 heavy (non-hydrogen) atoms. The van der Waals surface area contributed by atoms with E-state index in [0.29, 0.717) is 11.4 Å². The second kappa shape index (κ2) is 5.36. The number of Topliss-reactive ketones (excluding diaryl/α,β-unsaturated/α-hetero) is 1. The molecule has 0 aliphatic carbocycles. The van der Waals surface area contributed by atoms with E-state index in [9.17, 15) is 4.79 Å². The van der Waals surface area contributed by atoms with Gasteiger partial charge < -0.3 is 0 Å². The van der Waals surface area contributed by atoms with Gasteiger partial charge in [-0.05, 0) is 42.7 Å². The molecule has 0 saturated carbocycles. The number of aryl methyl sites for hydroxylation is 1. The van der Waals surface area contributed by atoms with Crippen LogP contribution in [-0.4, -0.2) is 5.78 Å². The summed E-state index contributed by atoms with van der Waals surface area (Å²) in [5.41, 5.74) is 3.96. The van der Waals surface area contributed by atoms with Crippen LogP contribution in [0.2, 0.25) is 5.02 Å². The summed E-state index contributed by atoms with van der Waals surface area (Å²) in [4.78, 5) is 12.3. The summed E-state index contributed by atoms with van der Waals surface area (Å²) in [5.74, 6) is 0.137. The topological polar surface area (TPSA) is 17.1 Å². The van der Waals surface area contributed by atoms with Crippen molar-refractivity contribution in [1.29, 1.82) is 0 Å². The normalized spacial score (nSPS) is 10.4. The van der Waals surface area contributed by atoms with Gasteiger partial charge in [0.2, 0.25) is 0 Å². The summed E-state index contributed by atoms with van der Waals surface area (Å²) in [7, 11) is 0. The highest BCUT2D eigenvalue weighted by Crippen LogP contribution is 2.17. The van der Waals surface area contributed by atoms with E-state index in [1.165, 1.54) is 0 Å². The van der Waals surface area contributed by atoms with Crippen molar-refractivity contribution in [1.82, 2.24) is 0 Å². The van der Waals surface area contributed by atoms with E-state index in [2.05, 4.69) is 0 Å². The van der Waals surface area contributed by atoms with Crippen molar-refractivity contribution in [2.24, 2.45) is 0 Å². The average molecular weight is 259 g/mol. The van der Waals surface area contributed by atoms with Gasteiger partial charge in [-0.3, -0.25) is 4.79 Å². The lowest BCUT2D eigenvalue weighted by Gasteiger charge is -2.07. The van der Waals surface area contributed by atoms with Crippen LogP contribution in [0.3, 0.4) is 0 Å². The Morgan fingerprint density at radius 1 is 1.11 bits per heavy atom. The minimum atomic E-state index is 0.137. The number of carbonyl (C=O) groups excluding carboxylic acids is 1. The first-order valence-electron chi connectivity index (χ1n) is 5.92. The lowest BCUT2D eigenvalue weighted by molar-refractivity contribution is 0.0992. The van der Waals surface area contributed by atoms with Crippen LogP contribution < -0.4 is 0 Å². The van der Waals surface area contributed by atoms with Gasteiger partial charge in [0.05, 0.1) is 0 Å². The van der Waals surface area contributed by atoms with Gasteiger partial charge in [-0.15, -0.1) is 0 Å². The van der Waals surface area contributed by atoms with Gasteiger partial charge in [0, 0.05) is 17.0 Å². The van der Waals surface area contributed by atoms with Crippen molar-refractivity contribution in [3.05, 3.63) is 69.7 Å². The number of benzene rings is 2. The molecule has 0 saturated heterocycles. The molecule has 0 aliphatic heterocycles. The van der Waals surface area contributed by atoms with Gasteiger partial charge in [0.1, 0.15) is 0 Å². The molecule has 2 heteroatoms. The second-order valence-electron chi connectivity index (χ2n) is 4.48. The lowest BCUT2D eigenvalue weighted by atomic mass is 9.96. The van der Waals surface area contributed by atoms with Crippen LogP contribution >= 0.6 is 11.6 Å². The van der Waals surface area contributed by atoms with Crippen LogP contribution in [-0.2, 0) is 6.42 Å². The maximum absolute atomic E-state index is 12.3. The zero-order valence-electron chi connectivity index (χ0n) is 10.5. The Hall–Kier alpha value is -1.60. The molecule has 0 N–H and O–H groups in total. The van der Waals surface area contributed by atoms with Crippen molar-refractivity contribution in [2.75, 3.05) is 0 Å². The van der Waals surface area contributed by atoms with Gasteiger partial charge >= 0.3 is 0 Å². The third kappa shape index (κ3) is 2.80. The van der Waals surface area contributed by atoms with Gasteiger partial charge in [0.25, 0.3) is 0 Å². The van der Waals surface area contributed by atoms with Gasteiger partial charge in [-0.1, -0.05) is 41.9 Å². The molecule has 2 aromatic carbocycles.